The highest BCUT2D eigenvalue weighted by Crippen LogP contribution is 2.17. The van der Waals surface area contributed by atoms with E-state index in [2.05, 4.69) is 16.3 Å². The van der Waals surface area contributed by atoms with Crippen LogP contribution in [-0.4, -0.2) is 29.9 Å². The molecule has 0 unspecified atom stereocenters. The third-order valence-electron chi connectivity index (χ3n) is 4.09. The highest BCUT2D eigenvalue weighted by molar-refractivity contribution is 5.81. The number of nitrogens with zero attached hydrogens (tertiary/aromatic N) is 2. The summed E-state index contributed by atoms with van der Waals surface area (Å²) in [6, 6.07) is 10.2. The van der Waals surface area contributed by atoms with Crippen LogP contribution in [0.25, 0.3) is 0 Å². The Bertz CT molecular complexity index is 543. The van der Waals surface area contributed by atoms with Gasteiger partial charge >= 0.3 is 0 Å². The fraction of sp³-hybridized carbons (Fsp3) is 0.556. The van der Waals surface area contributed by atoms with Crippen LogP contribution >= 0.6 is 0 Å². The number of likely N-dealkylation sites (tertiary alicyclic amines) is 1. The molecule has 0 atom stereocenters. The second-order valence-corrected chi connectivity index (χ2v) is 7.08. The van der Waals surface area contributed by atoms with Crippen LogP contribution in [0.5, 0.6) is 0 Å². The fourth-order valence-electron chi connectivity index (χ4n) is 2.58. The first kappa shape index (κ1) is 16.5. The van der Waals surface area contributed by atoms with E-state index in [0.29, 0.717) is 11.6 Å². The second kappa shape index (κ2) is 6.93. The van der Waals surface area contributed by atoms with Gasteiger partial charge in [-0.1, -0.05) is 32.9 Å². The van der Waals surface area contributed by atoms with Crippen molar-refractivity contribution in [2.24, 2.45) is 5.41 Å². The zero-order valence-electron chi connectivity index (χ0n) is 13.7. The maximum Gasteiger partial charge on any atom is 0.225 e. The average Bonchev–Trinajstić information content (AvgIpc) is 2.49. The lowest BCUT2D eigenvalue weighted by atomic mass is 9.94. The van der Waals surface area contributed by atoms with Gasteiger partial charge in [0, 0.05) is 31.1 Å². The number of hydrogen-bond donors (Lipinski definition) is 1. The standard InChI is InChI=1S/C18H25N3O/c1-18(2,3)17(22)20-16-8-10-21(11-9-16)13-15-6-4-14(12-19)5-7-15/h4-7,16H,8-11,13H2,1-3H3,(H,20,22). The van der Waals surface area contributed by atoms with Crippen LogP contribution in [0.4, 0.5) is 0 Å². The molecule has 0 aromatic heterocycles. The molecule has 0 spiro atoms. The van der Waals surface area contributed by atoms with E-state index in [1.165, 1.54) is 5.56 Å². The maximum absolute atomic E-state index is 12.0. The number of amides is 1. The third kappa shape index (κ3) is 4.57. The molecule has 2 rings (SSSR count). The summed E-state index contributed by atoms with van der Waals surface area (Å²) >= 11 is 0. The van der Waals surface area contributed by atoms with Crippen LogP contribution in [0, 0.1) is 16.7 Å². The number of carbonyl (C=O) groups excluding carboxylic acids is 1. The molecule has 0 saturated carbocycles. The summed E-state index contributed by atoms with van der Waals surface area (Å²) in [5.74, 6) is 0.137. The molecule has 4 nitrogen and oxygen atoms in total. The Morgan fingerprint density at radius 2 is 1.86 bits per heavy atom. The molecule has 1 aromatic carbocycles. The zero-order valence-corrected chi connectivity index (χ0v) is 13.7. The maximum atomic E-state index is 12.0. The molecule has 1 N–H and O–H groups in total. The van der Waals surface area contributed by atoms with Gasteiger partial charge in [0.1, 0.15) is 0 Å². The summed E-state index contributed by atoms with van der Waals surface area (Å²) in [6.45, 7) is 8.74. The minimum atomic E-state index is -0.320. The van der Waals surface area contributed by atoms with Gasteiger partial charge in [0.15, 0.2) is 0 Å². The Labute approximate surface area is 133 Å². The van der Waals surface area contributed by atoms with E-state index in [9.17, 15) is 4.79 Å². The van der Waals surface area contributed by atoms with Crippen LogP contribution in [-0.2, 0) is 11.3 Å². The van der Waals surface area contributed by atoms with Crippen molar-refractivity contribution in [1.82, 2.24) is 10.2 Å². The monoisotopic (exact) mass is 299 g/mol. The minimum Gasteiger partial charge on any atom is -0.353 e. The van der Waals surface area contributed by atoms with Crippen molar-refractivity contribution in [2.75, 3.05) is 13.1 Å². The highest BCUT2D eigenvalue weighted by atomic mass is 16.2. The van der Waals surface area contributed by atoms with Crippen LogP contribution < -0.4 is 5.32 Å². The first-order valence-corrected chi connectivity index (χ1v) is 7.91. The topological polar surface area (TPSA) is 56.1 Å². The number of carbonyl (C=O) groups is 1. The number of piperidine rings is 1. The minimum absolute atomic E-state index is 0.137. The zero-order chi connectivity index (χ0) is 16.2. The Kier molecular flexibility index (Phi) is 5.20. The summed E-state index contributed by atoms with van der Waals surface area (Å²) < 4.78 is 0. The predicted molar refractivity (Wildman–Crippen MR) is 87.1 cm³/mol. The Morgan fingerprint density at radius 3 is 2.36 bits per heavy atom. The van der Waals surface area contributed by atoms with E-state index in [4.69, 9.17) is 5.26 Å². The molecule has 0 radical (unpaired) electrons. The predicted octanol–water partition coefficient (Wildman–Crippen LogP) is 2.68. The number of rotatable bonds is 3. The van der Waals surface area contributed by atoms with Gasteiger partial charge in [-0.3, -0.25) is 9.69 Å². The van der Waals surface area contributed by atoms with E-state index in [-0.39, 0.29) is 11.3 Å². The number of nitriles is 1. The smallest absolute Gasteiger partial charge is 0.225 e. The SMILES string of the molecule is CC(C)(C)C(=O)NC1CCN(Cc2ccc(C#N)cc2)CC1. The summed E-state index contributed by atoms with van der Waals surface area (Å²) in [5, 5.41) is 12.0. The molecule has 1 fully saturated rings. The quantitative estimate of drug-likeness (QED) is 0.933. The highest BCUT2D eigenvalue weighted by Gasteiger charge is 2.26. The van der Waals surface area contributed by atoms with Crippen molar-refractivity contribution in [3.8, 4) is 6.07 Å². The summed E-state index contributed by atoms with van der Waals surface area (Å²) in [4.78, 5) is 14.4. The molecule has 22 heavy (non-hydrogen) atoms. The van der Waals surface area contributed by atoms with Crippen LogP contribution in [0.3, 0.4) is 0 Å². The molecular weight excluding hydrogens is 274 g/mol. The molecule has 1 heterocycles. The lowest BCUT2D eigenvalue weighted by Crippen LogP contribution is -2.47. The first-order valence-electron chi connectivity index (χ1n) is 7.91. The van der Waals surface area contributed by atoms with Gasteiger partial charge in [-0.2, -0.15) is 5.26 Å². The average molecular weight is 299 g/mol. The fourth-order valence-corrected chi connectivity index (χ4v) is 2.58. The van der Waals surface area contributed by atoms with E-state index in [1.807, 2.05) is 45.0 Å². The van der Waals surface area contributed by atoms with Crippen LogP contribution in [0.1, 0.15) is 44.7 Å². The van der Waals surface area contributed by atoms with Gasteiger partial charge < -0.3 is 5.32 Å². The van der Waals surface area contributed by atoms with E-state index in [1.54, 1.807) is 0 Å². The first-order chi connectivity index (χ1) is 10.4. The van der Waals surface area contributed by atoms with Crippen molar-refractivity contribution < 1.29 is 4.79 Å². The summed E-state index contributed by atoms with van der Waals surface area (Å²) in [7, 11) is 0. The molecule has 118 valence electrons. The third-order valence-corrected chi connectivity index (χ3v) is 4.09. The molecule has 1 amide bonds. The second-order valence-electron chi connectivity index (χ2n) is 7.08. The Hall–Kier alpha value is -1.86. The number of nitrogens with one attached hydrogen (secondary N) is 1. The lowest BCUT2D eigenvalue weighted by molar-refractivity contribution is -0.129. The molecule has 0 bridgehead atoms. The van der Waals surface area contributed by atoms with Gasteiger partial charge in [-0.05, 0) is 30.5 Å². The van der Waals surface area contributed by atoms with Gasteiger partial charge in [-0.15, -0.1) is 0 Å². The molecular formula is C18H25N3O. The van der Waals surface area contributed by atoms with Crippen molar-refractivity contribution in [3.63, 3.8) is 0 Å². The van der Waals surface area contributed by atoms with Gasteiger partial charge in [0.25, 0.3) is 0 Å². The molecule has 0 aliphatic carbocycles. The summed E-state index contributed by atoms with van der Waals surface area (Å²) in [6.07, 6.45) is 2.00. The van der Waals surface area contributed by atoms with Crippen molar-refractivity contribution >= 4 is 5.91 Å². The lowest BCUT2D eigenvalue weighted by Gasteiger charge is -2.33. The van der Waals surface area contributed by atoms with Crippen LogP contribution in [0.2, 0.25) is 0 Å². The van der Waals surface area contributed by atoms with Crippen molar-refractivity contribution in [2.45, 2.75) is 46.2 Å². The van der Waals surface area contributed by atoms with Crippen molar-refractivity contribution in [1.29, 1.82) is 5.26 Å². The summed E-state index contributed by atoms with van der Waals surface area (Å²) in [5.41, 5.74) is 1.61. The van der Waals surface area contributed by atoms with E-state index >= 15 is 0 Å². The largest absolute Gasteiger partial charge is 0.353 e. The molecule has 1 aromatic rings. The van der Waals surface area contributed by atoms with E-state index in [0.717, 1.165) is 32.5 Å². The normalized spacial score (nSPS) is 17.0. The van der Waals surface area contributed by atoms with Gasteiger partial charge in [-0.25, -0.2) is 0 Å². The van der Waals surface area contributed by atoms with Gasteiger partial charge in [0.05, 0.1) is 11.6 Å². The van der Waals surface area contributed by atoms with Crippen LogP contribution in [0.15, 0.2) is 24.3 Å². The molecule has 4 heteroatoms. The molecule has 1 aliphatic heterocycles. The molecule has 1 saturated heterocycles. The molecule has 1 aliphatic rings. The van der Waals surface area contributed by atoms with E-state index < -0.39 is 0 Å². The van der Waals surface area contributed by atoms with Crippen molar-refractivity contribution in [3.05, 3.63) is 35.4 Å². The van der Waals surface area contributed by atoms with Gasteiger partial charge in [0.2, 0.25) is 5.91 Å². The number of hydrogen-bond acceptors (Lipinski definition) is 3. The Balaban J connectivity index is 1.79. The number of benzene rings is 1. The Morgan fingerprint density at radius 1 is 1.27 bits per heavy atom.